The Balaban J connectivity index is 3.37. The van der Waals surface area contributed by atoms with Gasteiger partial charge in [0.2, 0.25) is 0 Å². The third-order valence-electron chi connectivity index (χ3n) is 1.66. The van der Waals surface area contributed by atoms with Gasteiger partial charge in [-0.15, -0.1) is 0 Å². The Bertz CT molecular complexity index is 397. The van der Waals surface area contributed by atoms with Crippen LogP contribution in [0.1, 0.15) is 17.7 Å². The minimum atomic E-state index is -3.20. The van der Waals surface area contributed by atoms with Gasteiger partial charge in [0.15, 0.2) is 5.82 Å². The van der Waals surface area contributed by atoms with Crippen LogP contribution in [0.25, 0.3) is 0 Å². The molecule has 2 N–H and O–H groups in total. The summed E-state index contributed by atoms with van der Waals surface area (Å²) in [6, 6.07) is 0.604. The van der Waals surface area contributed by atoms with E-state index in [0.717, 1.165) is 0 Å². The fourth-order valence-corrected chi connectivity index (χ4v) is 0.992. The Kier molecular flexibility index (Phi) is 3.20. The van der Waals surface area contributed by atoms with Gasteiger partial charge in [-0.1, -0.05) is 0 Å². The van der Waals surface area contributed by atoms with Gasteiger partial charge < -0.3 is 15.8 Å². The number of pyridine rings is 1. The summed E-state index contributed by atoms with van der Waals surface area (Å²) in [6.07, 6.45) is -3.20. The van der Waals surface area contributed by atoms with Crippen LogP contribution in [0.4, 0.5) is 19.0 Å². The molecule has 1 aromatic rings. The number of aromatic nitrogens is 1. The molecule has 1 heterocycles. The minimum absolute atomic E-state index is 0.220. The highest BCUT2D eigenvalue weighted by molar-refractivity contribution is 5.35. The quantitative estimate of drug-likeness (QED) is 0.619. The van der Waals surface area contributed by atoms with Crippen LogP contribution >= 0.6 is 0 Å². The zero-order valence-electron chi connectivity index (χ0n) is 7.28. The maximum Gasteiger partial charge on any atom is 0.368 e. The number of halogens is 3. The van der Waals surface area contributed by atoms with Crippen LogP contribution in [0.5, 0.6) is 0 Å². The topological polar surface area (TPSA) is 82.0 Å². The normalized spacial score (nSPS) is 10.7. The summed E-state index contributed by atoms with van der Waals surface area (Å²) in [5.41, 5.74) is 3.63. The van der Waals surface area contributed by atoms with Crippen molar-refractivity contribution in [3.05, 3.63) is 33.3 Å². The average Bonchev–Trinajstić information content (AvgIpc) is 2.16. The highest BCUT2D eigenvalue weighted by Gasteiger charge is 2.27. The average molecular weight is 221 g/mol. The van der Waals surface area contributed by atoms with Crippen LogP contribution < -0.4 is 5.73 Å². The van der Waals surface area contributed by atoms with E-state index in [0.29, 0.717) is 6.07 Å². The van der Waals surface area contributed by atoms with Crippen molar-refractivity contribution in [1.29, 1.82) is 0 Å². The first kappa shape index (κ1) is 11.4. The molecule has 0 radical (unpaired) electrons. The molecule has 1 aromatic heterocycles. The van der Waals surface area contributed by atoms with Crippen molar-refractivity contribution in [3.8, 4) is 0 Å². The van der Waals surface area contributed by atoms with Crippen molar-refractivity contribution in [2.75, 3.05) is 0 Å². The summed E-state index contributed by atoms with van der Waals surface area (Å²) in [7, 11) is 0. The van der Waals surface area contributed by atoms with E-state index in [-0.39, 0.29) is 12.1 Å². The Morgan fingerprint density at radius 3 is 2.60 bits per heavy atom. The van der Waals surface area contributed by atoms with E-state index in [4.69, 9.17) is 5.73 Å². The van der Waals surface area contributed by atoms with Crippen molar-refractivity contribution < 1.29 is 18.1 Å². The molecule has 0 aliphatic rings. The lowest BCUT2D eigenvalue weighted by atomic mass is 10.2. The van der Waals surface area contributed by atoms with Crippen molar-refractivity contribution in [1.82, 2.24) is 4.98 Å². The lowest BCUT2D eigenvalue weighted by Crippen LogP contribution is -2.08. The molecule has 8 heteroatoms. The van der Waals surface area contributed by atoms with Crippen molar-refractivity contribution in [2.45, 2.75) is 13.0 Å². The van der Waals surface area contributed by atoms with Crippen LogP contribution in [-0.4, -0.2) is 9.91 Å². The molecule has 0 saturated carbocycles. The van der Waals surface area contributed by atoms with Crippen LogP contribution in [0.15, 0.2) is 6.07 Å². The maximum absolute atomic E-state index is 12.9. The van der Waals surface area contributed by atoms with Crippen LogP contribution in [-0.2, 0) is 6.54 Å². The Hall–Kier alpha value is -1.70. The summed E-state index contributed by atoms with van der Waals surface area (Å²) >= 11 is 0. The van der Waals surface area contributed by atoms with Gasteiger partial charge in [0.1, 0.15) is 0 Å². The fraction of sp³-hybridized carbons (Fsp3) is 0.286. The van der Waals surface area contributed by atoms with E-state index >= 15 is 0 Å². The fourth-order valence-electron chi connectivity index (χ4n) is 0.992. The van der Waals surface area contributed by atoms with E-state index in [1.165, 1.54) is 0 Å². The second-order valence-electron chi connectivity index (χ2n) is 2.60. The third kappa shape index (κ3) is 2.21. The highest BCUT2D eigenvalue weighted by atomic mass is 19.3. The van der Waals surface area contributed by atoms with Crippen molar-refractivity contribution in [3.63, 3.8) is 0 Å². The smallest absolute Gasteiger partial charge is 0.358 e. The summed E-state index contributed by atoms with van der Waals surface area (Å²) in [5, 5.41) is 10.4. The molecule has 15 heavy (non-hydrogen) atoms. The van der Waals surface area contributed by atoms with Crippen LogP contribution in [0.3, 0.4) is 0 Å². The number of hydrogen-bond donors (Lipinski definition) is 1. The Labute approximate surface area is 81.9 Å². The molecule has 0 unspecified atom stereocenters. The van der Waals surface area contributed by atoms with Gasteiger partial charge in [-0.3, -0.25) is 0 Å². The Morgan fingerprint density at radius 1 is 1.60 bits per heavy atom. The molecule has 0 saturated heterocycles. The van der Waals surface area contributed by atoms with E-state index < -0.39 is 28.7 Å². The first-order valence-electron chi connectivity index (χ1n) is 3.79. The zero-order chi connectivity index (χ0) is 11.6. The van der Waals surface area contributed by atoms with E-state index in [1.54, 1.807) is 0 Å². The molecule has 0 aromatic carbocycles. The minimum Gasteiger partial charge on any atom is -0.358 e. The zero-order valence-corrected chi connectivity index (χ0v) is 7.28. The van der Waals surface area contributed by atoms with Gasteiger partial charge in [-0.05, 0) is 16.0 Å². The van der Waals surface area contributed by atoms with Crippen LogP contribution in [0, 0.1) is 15.9 Å². The first-order valence-corrected chi connectivity index (χ1v) is 3.79. The van der Waals surface area contributed by atoms with E-state index in [1.807, 2.05) is 0 Å². The monoisotopic (exact) mass is 221 g/mol. The Morgan fingerprint density at radius 2 is 2.20 bits per heavy atom. The molecule has 0 amide bonds. The van der Waals surface area contributed by atoms with Crippen LogP contribution in [0.2, 0.25) is 0 Å². The maximum atomic E-state index is 12.9. The largest absolute Gasteiger partial charge is 0.368 e. The summed E-state index contributed by atoms with van der Waals surface area (Å²) in [4.78, 5) is 12.3. The lowest BCUT2D eigenvalue weighted by Gasteiger charge is -2.02. The first-order chi connectivity index (χ1) is 6.97. The molecule has 5 nitrogen and oxygen atoms in total. The predicted molar refractivity (Wildman–Crippen MR) is 43.7 cm³/mol. The van der Waals surface area contributed by atoms with E-state index in [2.05, 4.69) is 4.98 Å². The molecule has 1 rings (SSSR count). The molecule has 0 atom stereocenters. The van der Waals surface area contributed by atoms with Gasteiger partial charge in [0, 0.05) is 6.54 Å². The van der Waals surface area contributed by atoms with Gasteiger partial charge in [-0.2, -0.15) is 0 Å². The molecule has 0 spiro atoms. The van der Waals surface area contributed by atoms with Gasteiger partial charge in [-0.25, -0.2) is 13.2 Å². The molecular weight excluding hydrogens is 215 g/mol. The number of nitrogens with zero attached hydrogens (tertiary/aromatic N) is 2. The van der Waals surface area contributed by atoms with Crippen molar-refractivity contribution >= 4 is 5.82 Å². The van der Waals surface area contributed by atoms with E-state index in [9.17, 15) is 23.3 Å². The molecule has 0 fully saturated rings. The molecule has 0 bridgehead atoms. The molecule has 0 aliphatic carbocycles. The molecule has 0 aliphatic heterocycles. The number of rotatable bonds is 3. The third-order valence-corrected chi connectivity index (χ3v) is 1.66. The number of nitrogens with two attached hydrogens (primary N) is 1. The number of nitro groups is 1. The summed E-state index contributed by atoms with van der Waals surface area (Å²) < 4.78 is 37.2. The number of hydrogen-bond acceptors (Lipinski definition) is 4. The summed E-state index contributed by atoms with van der Waals surface area (Å²) in [5.74, 6) is -2.13. The second-order valence-corrected chi connectivity index (χ2v) is 2.60. The SMILES string of the molecule is NCc1cc(F)c(C(F)F)nc1[N+](=O)[O-]. The second kappa shape index (κ2) is 4.22. The number of alkyl halides is 2. The van der Waals surface area contributed by atoms with Crippen molar-refractivity contribution in [2.24, 2.45) is 5.73 Å². The molecular formula is C7H6F3N3O2. The van der Waals surface area contributed by atoms with Gasteiger partial charge in [0.25, 0.3) is 5.69 Å². The standard InChI is InChI=1S/C7H6F3N3O2/c8-4-1-3(2-11)7(13(14)15)12-5(4)6(9)10/h1,6H,2,11H2. The predicted octanol–water partition coefficient (Wildman–Crippen LogP) is 1.53. The summed E-state index contributed by atoms with van der Waals surface area (Å²) in [6.45, 7) is -0.344. The molecule has 82 valence electrons. The lowest BCUT2D eigenvalue weighted by molar-refractivity contribution is -0.390. The van der Waals surface area contributed by atoms with Gasteiger partial charge in [0.05, 0.1) is 5.56 Å². The highest BCUT2D eigenvalue weighted by Crippen LogP contribution is 2.25. The van der Waals surface area contributed by atoms with Gasteiger partial charge >= 0.3 is 12.2 Å².